The summed E-state index contributed by atoms with van der Waals surface area (Å²) in [6.07, 6.45) is -0.366. The molecule has 1 amide bonds. The van der Waals surface area contributed by atoms with Crippen LogP contribution in [0.1, 0.15) is 16.6 Å². The van der Waals surface area contributed by atoms with Crippen LogP contribution in [-0.2, 0) is 10.5 Å². The Morgan fingerprint density at radius 1 is 1.07 bits per heavy atom. The van der Waals surface area contributed by atoms with Crippen LogP contribution in [0.2, 0.25) is 0 Å². The Bertz CT molecular complexity index is 1240. The number of hydrogen-bond donors (Lipinski definition) is 1. The summed E-state index contributed by atoms with van der Waals surface area (Å²) < 4.78 is 1.02. The van der Waals surface area contributed by atoms with Crippen LogP contribution in [0.3, 0.4) is 0 Å². The van der Waals surface area contributed by atoms with Crippen LogP contribution < -0.4 is 15.9 Å². The molecule has 0 saturated carbocycles. The number of carbonyl (C=O) groups is 1. The maximum atomic E-state index is 13.1. The van der Waals surface area contributed by atoms with E-state index in [0.29, 0.717) is 10.9 Å². The zero-order valence-electron chi connectivity index (χ0n) is 15.1. The van der Waals surface area contributed by atoms with Gasteiger partial charge in [-0.05, 0) is 39.7 Å². The molecule has 3 heterocycles. The number of thiophene rings is 1. The number of amidine groups is 1. The number of rotatable bonds is 3. The number of nitrogens with one attached hydrogen (secondary N) is 1. The molecule has 0 fully saturated rings. The second kappa shape index (κ2) is 7.78. The van der Waals surface area contributed by atoms with Crippen molar-refractivity contribution in [2.75, 3.05) is 0 Å². The fraction of sp³-hybridized carbons (Fsp3) is 0.0952. The van der Waals surface area contributed by atoms with Gasteiger partial charge in [-0.3, -0.25) is 15.1 Å². The SMILES string of the molecule is O=C1NC(SCc2ccccc2)=NN2C1=c1ccccc1=N[C@H]2c1ccc(Br)s1. The molecule has 29 heavy (non-hydrogen) atoms. The molecule has 144 valence electrons. The van der Waals surface area contributed by atoms with Crippen molar-refractivity contribution in [3.8, 4) is 0 Å². The smallest absolute Gasteiger partial charge is 0.276 e. The van der Waals surface area contributed by atoms with Crippen LogP contribution in [0, 0.1) is 0 Å². The first-order valence-corrected chi connectivity index (χ1v) is 11.6. The van der Waals surface area contributed by atoms with Crippen molar-refractivity contribution in [2.24, 2.45) is 10.1 Å². The van der Waals surface area contributed by atoms with Crippen molar-refractivity contribution in [1.29, 1.82) is 0 Å². The van der Waals surface area contributed by atoms with Crippen LogP contribution in [0.25, 0.3) is 5.70 Å². The van der Waals surface area contributed by atoms with E-state index in [1.807, 2.05) is 54.6 Å². The maximum Gasteiger partial charge on any atom is 0.276 e. The zero-order valence-corrected chi connectivity index (χ0v) is 18.3. The Morgan fingerprint density at radius 3 is 2.66 bits per heavy atom. The molecule has 0 spiro atoms. The molecule has 0 aliphatic carbocycles. The molecule has 0 bridgehead atoms. The van der Waals surface area contributed by atoms with E-state index in [1.165, 1.54) is 17.3 Å². The second-order valence-electron chi connectivity index (χ2n) is 6.49. The van der Waals surface area contributed by atoms with Gasteiger partial charge in [-0.1, -0.05) is 60.3 Å². The van der Waals surface area contributed by atoms with Gasteiger partial charge in [-0.15, -0.1) is 16.4 Å². The van der Waals surface area contributed by atoms with E-state index in [4.69, 9.17) is 10.1 Å². The number of fused-ring (bicyclic) bond motifs is 2. The van der Waals surface area contributed by atoms with Gasteiger partial charge in [0.25, 0.3) is 5.91 Å². The fourth-order valence-corrected chi connectivity index (χ4v) is 5.53. The van der Waals surface area contributed by atoms with Gasteiger partial charge in [0.15, 0.2) is 11.3 Å². The average molecular weight is 483 g/mol. The van der Waals surface area contributed by atoms with Gasteiger partial charge in [-0.25, -0.2) is 5.01 Å². The number of hydrazone groups is 1. The minimum atomic E-state index is -0.366. The number of hydrogen-bond acceptors (Lipinski definition) is 6. The first-order chi connectivity index (χ1) is 14.2. The Labute approximate surface area is 184 Å². The second-order valence-corrected chi connectivity index (χ2v) is 9.95. The van der Waals surface area contributed by atoms with Crippen molar-refractivity contribution in [1.82, 2.24) is 10.3 Å². The monoisotopic (exact) mass is 482 g/mol. The first-order valence-electron chi connectivity index (χ1n) is 8.97. The standard InChI is InChI=1S/C21H15BrN4OS2/c22-17-11-10-16(29-17)19-23-15-9-5-4-8-14(15)18-20(27)24-21(25-26(18)19)28-12-13-6-2-1-3-7-13/h1-11,19H,12H2,(H,24,25,27)/t19-/m1/s1. The molecule has 5 nitrogen and oxygen atoms in total. The van der Waals surface area contributed by atoms with Crippen molar-refractivity contribution in [3.63, 3.8) is 0 Å². The van der Waals surface area contributed by atoms with Crippen molar-refractivity contribution in [3.05, 3.63) is 91.5 Å². The van der Waals surface area contributed by atoms with Crippen molar-refractivity contribution >= 4 is 55.8 Å². The fourth-order valence-electron chi connectivity index (χ4n) is 3.27. The van der Waals surface area contributed by atoms with Gasteiger partial charge in [0.2, 0.25) is 0 Å². The molecule has 1 aromatic heterocycles. The molecule has 0 saturated heterocycles. The molecule has 0 unspecified atom stereocenters. The maximum absolute atomic E-state index is 13.1. The molecule has 2 aliphatic heterocycles. The van der Waals surface area contributed by atoms with Gasteiger partial charge in [0.1, 0.15) is 5.70 Å². The molecular formula is C21H15BrN4OS2. The molecule has 2 aromatic carbocycles. The molecule has 1 atom stereocenters. The number of thioether (sulfide) groups is 1. The van der Waals surface area contributed by atoms with E-state index in [-0.39, 0.29) is 12.1 Å². The van der Waals surface area contributed by atoms with E-state index in [2.05, 4.69) is 33.4 Å². The van der Waals surface area contributed by atoms with Gasteiger partial charge < -0.3 is 0 Å². The molecular weight excluding hydrogens is 468 g/mol. The predicted octanol–water partition coefficient (Wildman–Crippen LogP) is 3.59. The lowest BCUT2D eigenvalue weighted by atomic mass is 10.1. The predicted molar refractivity (Wildman–Crippen MR) is 121 cm³/mol. The number of nitrogens with zero attached hydrogens (tertiary/aromatic N) is 3. The summed E-state index contributed by atoms with van der Waals surface area (Å²) in [5.74, 6) is 0.574. The molecule has 0 radical (unpaired) electrons. The van der Waals surface area contributed by atoms with E-state index in [9.17, 15) is 4.79 Å². The highest BCUT2D eigenvalue weighted by molar-refractivity contribution is 9.11. The summed E-state index contributed by atoms with van der Waals surface area (Å²) in [6.45, 7) is 0. The minimum Gasteiger partial charge on any atom is -0.298 e. The highest BCUT2D eigenvalue weighted by Crippen LogP contribution is 2.36. The minimum absolute atomic E-state index is 0.154. The van der Waals surface area contributed by atoms with Gasteiger partial charge in [0, 0.05) is 11.0 Å². The topological polar surface area (TPSA) is 57.1 Å². The third kappa shape index (κ3) is 3.63. The van der Waals surface area contributed by atoms with Crippen molar-refractivity contribution in [2.45, 2.75) is 11.9 Å². The number of para-hydroxylation sites is 1. The Kier molecular flexibility index (Phi) is 4.99. The van der Waals surface area contributed by atoms with Crippen LogP contribution in [-0.4, -0.2) is 16.1 Å². The Morgan fingerprint density at radius 2 is 1.86 bits per heavy atom. The van der Waals surface area contributed by atoms with Gasteiger partial charge in [-0.2, -0.15) is 0 Å². The lowest BCUT2D eigenvalue weighted by Gasteiger charge is -2.33. The number of halogens is 1. The quantitative estimate of drug-likeness (QED) is 0.620. The molecule has 1 N–H and O–H groups in total. The number of benzene rings is 2. The summed E-state index contributed by atoms with van der Waals surface area (Å²) in [5, 5.41) is 11.7. The highest BCUT2D eigenvalue weighted by atomic mass is 79.9. The average Bonchev–Trinajstić information content (AvgIpc) is 3.18. The third-order valence-corrected chi connectivity index (χ3v) is 7.18. The zero-order chi connectivity index (χ0) is 19.8. The largest absolute Gasteiger partial charge is 0.298 e. The summed E-state index contributed by atoms with van der Waals surface area (Å²) in [7, 11) is 0. The van der Waals surface area contributed by atoms with E-state index < -0.39 is 0 Å². The van der Waals surface area contributed by atoms with Gasteiger partial charge in [0.05, 0.1) is 14.0 Å². The normalized spacial score (nSPS) is 17.8. The van der Waals surface area contributed by atoms with Crippen LogP contribution in [0.5, 0.6) is 0 Å². The third-order valence-electron chi connectivity index (χ3n) is 4.58. The number of carbonyl (C=O) groups excluding carboxylic acids is 1. The van der Waals surface area contributed by atoms with Crippen molar-refractivity contribution < 1.29 is 4.79 Å². The Hall–Kier alpha value is -2.42. The van der Waals surface area contributed by atoms with Crippen LogP contribution in [0.15, 0.2) is 80.6 Å². The van der Waals surface area contributed by atoms with Gasteiger partial charge >= 0.3 is 0 Å². The Balaban J connectivity index is 1.57. The molecule has 2 aliphatic rings. The molecule has 5 rings (SSSR count). The first kappa shape index (κ1) is 18.6. The summed E-state index contributed by atoms with van der Waals surface area (Å²) >= 11 is 6.63. The summed E-state index contributed by atoms with van der Waals surface area (Å²) in [4.78, 5) is 19.0. The summed E-state index contributed by atoms with van der Waals surface area (Å²) in [6, 6.07) is 21.9. The van der Waals surface area contributed by atoms with Crippen LogP contribution >= 0.6 is 39.0 Å². The molecule has 8 heteroatoms. The van der Waals surface area contributed by atoms with E-state index in [0.717, 1.165) is 25.0 Å². The lowest BCUT2D eigenvalue weighted by Crippen LogP contribution is -2.50. The van der Waals surface area contributed by atoms with E-state index >= 15 is 0 Å². The highest BCUT2D eigenvalue weighted by Gasteiger charge is 2.35. The van der Waals surface area contributed by atoms with Crippen LogP contribution in [0.4, 0.5) is 0 Å². The molecule has 3 aromatic rings. The lowest BCUT2D eigenvalue weighted by molar-refractivity contribution is -0.116. The van der Waals surface area contributed by atoms with E-state index in [1.54, 1.807) is 16.3 Å². The summed E-state index contributed by atoms with van der Waals surface area (Å²) in [5.41, 5.74) is 1.71. The number of amides is 1.